The highest BCUT2D eigenvalue weighted by Crippen LogP contribution is 2.33. The average Bonchev–Trinajstić information content (AvgIpc) is 3.11. The molecule has 1 aromatic heterocycles. The van der Waals surface area contributed by atoms with E-state index in [2.05, 4.69) is 0 Å². The molecule has 7 nitrogen and oxygen atoms in total. The van der Waals surface area contributed by atoms with Gasteiger partial charge in [-0.25, -0.2) is 4.79 Å². The molecule has 2 heterocycles. The minimum atomic E-state index is -0.534. The Labute approximate surface area is 141 Å². The zero-order chi connectivity index (χ0) is 16.9. The summed E-state index contributed by atoms with van der Waals surface area (Å²) < 4.78 is 15.7. The Morgan fingerprint density at radius 1 is 1.46 bits per heavy atom. The molecule has 24 heavy (non-hydrogen) atoms. The van der Waals surface area contributed by atoms with E-state index in [-0.39, 0.29) is 25.7 Å². The van der Waals surface area contributed by atoms with Gasteiger partial charge in [0.15, 0.2) is 6.79 Å². The largest absolute Gasteiger partial charge is 0.467 e. The molecular formula is C16H13NO6S. The van der Waals surface area contributed by atoms with Gasteiger partial charge in [0.2, 0.25) is 0 Å². The van der Waals surface area contributed by atoms with Crippen LogP contribution in [-0.4, -0.2) is 17.7 Å². The van der Waals surface area contributed by atoms with Crippen LogP contribution in [0.25, 0.3) is 6.08 Å². The fraction of sp³-hybridized carbons (Fsp3) is 0.188. The predicted octanol–water partition coefficient (Wildman–Crippen LogP) is 3.28. The number of esters is 1. The Morgan fingerprint density at radius 2 is 2.33 bits per heavy atom. The van der Waals surface area contributed by atoms with Gasteiger partial charge in [-0.05, 0) is 28.5 Å². The number of benzene rings is 1. The lowest BCUT2D eigenvalue weighted by Gasteiger charge is -2.20. The number of non-ortho nitro benzene ring substituents is 1. The summed E-state index contributed by atoms with van der Waals surface area (Å²) in [6, 6.07) is 4.62. The second-order valence-corrected chi connectivity index (χ2v) is 5.74. The summed E-state index contributed by atoms with van der Waals surface area (Å²) in [6.07, 6.45) is 2.96. The monoisotopic (exact) mass is 347 g/mol. The van der Waals surface area contributed by atoms with E-state index in [4.69, 9.17) is 14.2 Å². The number of nitro benzene ring substituents is 1. The molecule has 0 atom stereocenters. The molecule has 1 aliphatic rings. The molecule has 0 radical (unpaired) electrons. The van der Waals surface area contributed by atoms with E-state index in [1.165, 1.54) is 29.5 Å². The molecule has 2 aromatic rings. The van der Waals surface area contributed by atoms with Crippen LogP contribution in [0.3, 0.4) is 0 Å². The van der Waals surface area contributed by atoms with Crippen LogP contribution in [0.1, 0.15) is 16.7 Å². The number of carbonyl (C=O) groups excluding carboxylic acids is 1. The molecule has 1 aliphatic heterocycles. The van der Waals surface area contributed by atoms with Gasteiger partial charge in [-0.2, -0.15) is 11.3 Å². The average molecular weight is 347 g/mol. The van der Waals surface area contributed by atoms with Crippen LogP contribution in [-0.2, 0) is 27.5 Å². The number of nitrogens with zero attached hydrogens (tertiary/aromatic N) is 1. The van der Waals surface area contributed by atoms with Crippen molar-refractivity contribution in [2.45, 2.75) is 13.2 Å². The van der Waals surface area contributed by atoms with Crippen molar-refractivity contribution in [3.8, 4) is 5.75 Å². The number of hydrogen-bond acceptors (Lipinski definition) is 7. The fourth-order valence-corrected chi connectivity index (χ4v) is 2.85. The van der Waals surface area contributed by atoms with E-state index in [0.717, 1.165) is 5.56 Å². The van der Waals surface area contributed by atoms with Crippen LogP contribution >= 0.6 is 11.3 Å². The molecule has 0 saturated carbocycles. The summed E-state index contributed by atoms with van der Waals surface area (Å²) in [4.78, 5) is 22.3. The van der Waals surface area contributed by atoms with Crippen LogP contribution in [0.5, 0.6) is 5.75 Å². The smallest absolute Gasteiger partial charge is 0.331 e. The Morgan fingerprint density at radius 3 is 3.08 bits per heavy atom. The van der Waals surface area contributed by atoms with Crippen molar-refractivity contribution in [1.29, 1.82) is 0 Å². The van der Waals surface area contributed by atoms with Gasteiger partial charge in [-0.1, -0.05) is 0 Å². The van der Waals surface area contributed by atoms with E-state index in [9.17, 15) is 14.9 Å². The van der Waals surface area contributed by atoms with Gasteiger partial charge in [0, 0.05) is 29.3 Å². The van der Waals surface area contributed by atoms with Gasteiger partial charge in [-0.3, -0.25) is 10.1 Å². The standard InChI is InChI=1S/C16H13NO6S/c18-15(2-1-11-3-4-24-9-11)22-8-13-6-14(17(19)20)5-12-7-21-10-23-16(12)13/h1-6,9H,7-8,10H2/b2-1+. The molecule has 8 heteroatoms. The number of carbonyl (C=O) groups is 1. The van der Waals surface area contributed by atoms with Crippen molar-refractivity contribution in [3.05, 3.63) is 61.8 Å². The first-order valence-corrected chi connectivity index (χ1v) is 7.95. The molecule has 0 spiro atoms. The van der Waals surface area contributed by atoms with Crippen molar-refractivity contribution < 1.29 is 23.9 Å². The molecule has 0 amide bonds. The minimum Gasteiger partial charge on any atom is -0.467 e. The van der Waals surface area contributed by atoms with Gasteiger partial charge < -0.3 is 14.2 Å². The van der Waals surface area contributed by atoms with Gasteiger partial charge in [0.05, 0.1) is 11.5 Å². The van der Waals surface area contributed by atoms with E-state index in [0.29, 0.717) is 16.9 Å². The Bertz CT molecular complexity index is 784. The van der Waals surface area contributed by atoms with Crippen LogP contribution in [0.15, 0.2) is 35.0 Å². The van der Waals surface area contributed by atoms with Gasteiger partial charge in [0.25, 0.3) is 5.69 Å². The molecule has 3 rings (SSSR count). The van der Waals surface area contributed by atoms with Crippen molar-refractivity contribution in [2.24, 2.45) is 0 Å². The van der Waals surface area contributed by atoms with Crippen molar-refractivity contribution in [2.75, 3.05) is 6.79 Å². The third-order valence-electron chi connectivity index (χ3n) is 3.31. The summed E-state index contributed by atoms with van der Waals surface area (Å²) in [5.74, 6) is -0.0602. The molecule has 0 N–H and O–H groups in total. The molecule has 0 bridgehead atoms. The summed E-state index contributed by atoms with van der Waals surface area (Å²) in [6.45, 7) is 0.163. The zero-order valence-corrected chi connectivity index (χ0v) is 13.3. The van der Waals surface area contributed by atoms with Gasteiger partial charge in [-0.15, -0.1) is 0 Å². The second kappa shape index (κ2) is 7.24. The van der Waals surface area contributed by atoms with E-state index < -0.39 is 10.9 Å². The zero-order valence-electron chi connectivity index (χ0n) is 12.5. The second-order valence-electron chi connectivity index (χ2n) is 4.96. The third-order valence-corrected chi connectivity index (χ3v) is 4.01. The molecular weight excluding hydrogens is 334 g/mol. The molecule has 124 valence electrons. The molecule has 0 unspecified atom stereocenters. The Balaban J connectivity index is 1.73. The highest BCUT2D eigenvalue weighted by Gasteiger charge is 2.21. The maximum Gasteiger partial charge on any atom is 0.331 e. The van der Waals surface area contributed by atoms with E-state index >= 15 is 0 Å². The summed E-state index contributed by atoms with van der Waals surface area (Å²) in [7, 11) is 0. The van der Waals surface area contributed by atoms with Crippen molar-refractivity contribution in [1.82, 2.24) is 0 Å². The fourth-order valence-electron chi connectivity index (χ4n) is 2.22. The lowest BCUT2D eigenvalue weighted by molar-refractivity contribution is -0.385. The molecule has 1 aromatic carbocycles. The SMILES string of the molecule is O=C(/C=C/c1ccsc1)OCc1cc([N+](=O)[O-])cc2c1OCOC2. The molecule has 0 saturated heterocycles. The normalized spacial score (nSPS) is 13.3. The minimum absolute atomic E-state index is 0.0593. The number of rotatable bonds is 5. The van der Waals surface area contributed by atoms with E-state index in [1.807, 2.05) is 16.8 Å². The molecule has 0 aliphatic carbocycles. The van der Waals surface area contributed by atoms with Crippen molar-refractivity contribution >= 4 is 29.1 Å². The lowest BCUT2D eigenvalue weighted by Crippen LogP contribution is -2.14. The number of fused-ring (bicyclic) bond motifs is 1. The Hall–Kier alpha value is -2.71. The predicted molar refractivity (Wildman–Crippen MR) is 86.5 cm³/mol. The first-order valence-electron chi connectivity index (χ1n) is 7.01. The summed E-state index contributed by atoms with van der Waals surface area (Å²) in [5, 5.41) is 14.8. The summed E-state index contributed by atoms with van der Waals surface area (Å²) >= 11 is 1.53. The van der Waals surface area contributed by atoms with Gasteiger partial charge in [0.1, 0.15) is 12.4 Å². The number of nitro groups is 1. The van der Waals surface area contributed by atoms with E-state index in [1.54, 1.807) is 6.08 Å². The van der Waals surface area contributed by atoms with Crippen LogP contribution < -0.4 is 4.74 Å². The van der Waals surface area contributed by atoms with Gasteiger partial charge >= 0.3 is 5.97 Å². The maximum atomic E-state index is 11.8. The first-order chi connectivity index (χ1) is 11.6. The van der Waals surface area contributed by atoms with Crippen LogP contribution in [0.2, 0.25) is 0 Å². The summed E-state index contributed by atoms with van der Waals surface area (Å²) in [5.41, 5.74) is 1.82. The lowest BCUT2D eigenvalue weighted by atomic mass is 10.1. The molecule has 0 fully saturated rings. The van der Waals surface area contributed by atoms with Crippen LogP contribution in [0.4, 0.5) is 5.69 Å². The maximum absolute atomic E-state index is 11.8. The number of ether oxygens (including phenoxy) is 3. The topological polar surface area (TPSA) is 87.9 Å². The quantitative estimate of drug-likeness (QED) is 0.357. The van der Waals surface area contributed by atoms with Crippen molar-refractivity contribution in [3.63, 3.8) is 0 Å². The highest BCUT2D eigenvalue weighted by atomic mass is 32.1. The highest BCUT2D eigenvalue weighted by molar-refractivity contribution is 7.08. The Kier molecular flexibility index (Phi) is 4.88. The number of thiophene rings is 1. The first kappa shape index (κ1) is 16.2. The van der Waals surface area contributed by atoms with Crippen LogP contribution in [0, 0.1) is 10.1 Å². The third kappa shape index (κ3) is 3.79. The number of hydrogen-bond donors (Lipinski definition) is 0.